The summed E-state index contributed by atoms with van der Waals surface area (Å²) in [5, 5.41) is 8.38. The molecule has 0 radical (unpaired) electrons. The fraction of sp³-hybridized carbons (Fsp3) is 0.250. The molecule has 0 unspecified atom stereocenters. The number of benzene rings is 1. The lowest BCUT2D eigenvalue weighted by Gasteiger charge is -2.16. The molecule has 27 heavy (non-hydrogen) atoms. The molecule has 0 atom stereocenters. The van der Waals surface area contributed by atoms with E-state index >= 15 is 0 Å². The van der Waals surface area contributed by atoms with Crippen molar-refractivity contribution in [3.63, 3.8) is 0 Å². The van der Waals surface area contributed by atoms with Crippen molar-refractivity contribution in [1.29, 1.82) is 0 Å². The molecule has 1 amide bonds. The van der Waals surface area contributed by atoms with Gasteiger partial charge in [-0.3, -0.25) is 4.79 Å². The Morgan fingerprint density at radius 2 is 1.93 bits per heavy atom. The quantitative estimate of drug-likeness (QED) is 0.612. The van der Waals surface area contributed by atoms with E-state index in [2.05, 4.69) is 5.10 Å². The molecular formula is C20H21N3O3S. The molecule has 0 saturated heterocycles. The van der Waals surface area contributed by atoms with Crippen LogP contribution in [0.2, 0.25) is 0 Å². The number of aromatic nitrogens is 2. The van der Waals surface area contributed by atoms with Crippen molar-refractivity contribution in [2.24, 2.45) is 0 Å². The molecule has 2 aromatic heterocycles. The second kappa shape index (κ2) is 8.18. The summed E-state index contributed by atoms with van der Waals surface area (Å²) in [6.45, 7) is 3.76. The molecule has 140 valence electrons. The molecule has 0 aliphatic carbocycles. The maximum atomic E-state index is 12.5. The van der Waals surface area contributed by atoms with Crippen molar-refractivity contribution in [2.75, 3.05) is 13.7 Å². The molecule has 2 heterocycles. The summed E-state index contributed by atoms with van der Waals surface area (Å²) >= 11 is 1.58. The predicted molar refractivity (Wildman–Crippen MR) is 104 cm³/mol. The lowest BCUT2D eigenvalue weighted by molar-refractivity contribution is -0.133. The minimum Gasteiger partial charge on any atom is -0.452 e. The van der Waals surface area contributed by atoms with Gasteiger partial charge in [0.2, 0.25) is 0 Å². The number of likely N-dealkylation sites (N-methyl/N-ethyl adjacent to an activating group) is 1. The third kappa shape index (κ3) is 4.25. The zero-order valence-electron chi connectivity index (χ0n) is 15.5. The molecule has 0 aliphatic heterocycles. The van der Waals surface area contributed by atoms with Crippen LogP contribution in [-0.4, -0.2) is 40.2 Å². The minimum absolute atomic E-state index is 0.250. The van der Waals surface area contributed by atoms with Crippen molar-refractivity contribution in [1.82, 2.24) is 14.7 Å². The van der Waals surface area contributed by atoms with Gasteiger partial charge in [-0.25, -0.2) is 9.48 Å². The average Bonchev–Trinajstić information content (AvgIpc) is 3.27. The van der Waals surface area contributed by atoms with Crippen LogP contribution in [0.1, 0.15) is 27.3 Å². The first-order valence-electron chi connectivity index (χ1n) is 8.51. The van der Waals surface area contributed by atoms with E-state index in [1.807, 2.05) is 54.1 Å². The summed E-state index contributed by atoms with van der Waals surface area (Å²) in [4.78, 5) is 26.3. The number of aryl methyl sites for hydroxylation is 1. The molecule has 0 saturated carbocycles. The van der Waals surface area contributed by atoms with E-state index in [-0.39, 0.29) is 12.5 Å². The molecule has 0 fully saturated rings. The van der Waals surface area contributed by atoms with Crippen LogP contribution in [-0.2, 0) is 16.1 Å². The Balaban J connectivity index is 1.66. The number of nitrogens with zero attached hydrogens (tertiary/aromatic N) is 3. The molecule has 6 nitrogen and oxygen atoms in total. The van der Waals surface area contributed by atoms with Crippen LogP contribution >= 0.6 is 11.3 Å². The van der Waals surface area contributed by atoms with Gasteiger partial charge in [0.25, 0.3) is 5.91 Å². The van der Waals surface area contributed by atoms with Gasteiger partial charge in [-0.2, -0.15) is 16.4 Å². The van der Waals surface area contributed by atoms with E-state index in [9.17, 15) is 9.59 Å². The van der Waals surface area contributed by atoms with Gasteiger partial charge < -0.3 is 9.64 Å². The first kappa shape index (κ1) is 18.8. The zero-order valence-corrected chi connectivity index (χ0v) is 16.3. The highest BCUT2D eigenvalue weighted by molar-refractivity contribution is 7.07. The van der Waals surface area contributed by atoms with E-state index in [0.717, 1.165) is 11.3 Å². The number of amides is 1. The SMILES string of the molecule is Cc1nn(-c2ccccc2)c(C)c1C(=O)OCC(=O)N(C)Cc1ccsc1. The van der Waals surface area contributed by atoms with Gasteiger partial charge in [0.15, 0.2) is 6.61 Å². The van der Waals surface area contributed by atoms with Gasteiger partial charge in [-0.1, -0.05) is 18.2 Å². The number of thiophene rings is 1. The number of rotatable bonds is 6. The molecule has 0 aliphatic rings. The van der Waals surface area contributed by atoms with Crippen LogP contribution in [0.25, 0.3) is 5.69 Å². The molecule has 3 rings (SSSR count). The van der Waals surface area contributed by atoms with Crippen molar-refractivity contribution < 1.29 is 14.3 Å². The Labute approximate surface area is 162 Å². The Morgan fingerprint density at radius 1 is 1.19 bits per heavy atom. The van der Waals surface area contributed by atoms with Crippen molar-refractivity contribution in [3.8, 4) is 5.69 Å². The number of hydrogen-bond donors (Lipinski definition) is 0. The predicted octanol–water partition coefficient (Wildman–Crippen LogP) is 3.37. The van der Waals surface area contributed by atoms with Gasteiger partial charge in [0, 0.05) is 13.6 Å². The number of carbonyl (C=O) groups excluding carboxylic acids is 2. The molecule has 0 bridgehead atoms. The van der Waals surface area contributed by atoms with Gasteiger partial charge in [0.05, 0.1) is 17.1 Å². The van der Waals surface area contributed by atoms with Gasteiger partial charge >= 0.3 is 5.97 Å². The lowest BCUT2D eigenvalue weighted by Crippen LogP contribution is -2.30. The Morgan fingerprint density at radius 3 is 2.59 bits per heavy atom. The van der Waals surface area contributed by atoms with Crippen molar-refractivity contribution >= 4 is 23.2 Å². The molecule has 0 spiro atoms. The van der Waals surface area contributed by atoms with Crippen molar-refractivity contribution in [2.45, 2.75) is 20.4 Å². The first-order valence-corrected chi connectivity index (χ1v) is 9.45. The van der Waals surface area contributed by atoms with Gasteiger partial charge in [-0.15, -0.1) is 0 Å². The standard InChI is InChI=1S/C20H21N3O3S/c1-14-19(15(2)23(21-14)17-7-5-4-6-8-17)20(25)26-12-18(24)22(3)11-16-9-10-27-13-16/h4-10,13H,11-12H2,1-3H3. The summed E-state index contributed by atoms with van der Waals surface area (Å²) in [6.07, 6.45) is 0. The Kier molecular flexibility index (Phi) is 5.71. The van der Waals surface area contributed by atoms with E-state index in [1.54, 1.807) is 34.9 Å². The monoisotopic (exact) mass is 383 g/mol. The second-order valence-electron chi connectivity index (χ2n) is 6.25. The summed E-state index contributed by atoms with van der Waals surface area (Å²) in [5.74, 6) is -0.787. The summed E-state index contributed by atoms with van der Waals surface area (Å²) in [5.41, 5.74) is 3.57. The Bertz CT molecular complexity index is 933. The summed E-state index contributed by atoms with van der Waals surface area (Å²) in [7, 11) is 1.69. The van der Waals surface area contributed by atoms with Crippen LogP contribution in [0.3, 0.4) is 0 Å². The lowest BCUT2D eigenvalue weighted by atomic mass is 10.2. The van der Waals surface area contributed by atoms with Crippen LogP contribution in [0.15, 0.2) is 47.2 Å². The van der Waals surface area contributed by atoms with Crippen LogP contribution in [0.4, 0.5) is 0 Å². The van der Waals surface area contributed by atoms with E-state index < -0.39 is 5.97 Å². The fourth-order valence-corrected chi connectivity index (χ4v) is 3.47. The van der Waals surface area contributed by atoms with Gasteiger partial charge in [0.1, 0.15) is 5.56 Å². The van der Waals surface area contributed by atoms with E-state index in [0.29, 0.717) is 23.5 Å². The van der Waals surface area contributed by atoms with E-state index in [4.69, 9.17) is 4.74 Å². The fourth-order valence-electron chi connectivity index (χ4n) is 2.81. The summed E-state index contributed by atoms with van der Waals surface area (Å²) in [6, 6.07) is 11.5. The van der Waals surface area contributed by atoms with Crippen LogP contribution in [0.5, 0.6) is 0 Å². The summed E-state index contributed by atoms with van der Waals surface area (Å²) < 4.78 is 6.96. The first-order chi connectivity index (χ1) is 13.0. The topological polar surface area (TPSA) is 64.4 Å². The molecule has 0 N–H and O–H groups in total. The number of hydrogen-bond acceptors (Lipinski definition) is 5. The highest BCUT2D eigenvalue weighted by Gasteiger charge is 2.22. The third-order valence-corrected chi connectivity index (χ3v) is 4.98. The maximum Gasteiger partial charge on any atom is 0.342 e. The average molecular weight is 383 g/mol. The molecular weight excluding hydrogens is 362 g/mol. The zero-order chi connectivity index (χ0) is 19.4. The smallest absolute Gasteiger partial charge is 0.342 e. The normalized spacial score (nSPS) is 10.6. The van der Waals surface area contributed by atoms with Gasteiger partial charge in [-0.05, 0) is 48.4 Å². The molecule has 1 aromatic carbocycles. The van der Waals surface area contributed by atoms with Crippen LogP contribution < -0.4 is 0 Å². The minimum atomic E-state index is -0.538. The largest absolute Gasteiger partial charge is 0.452 e. The molecule has 7 heteroatoms. The maximum absolute atomic E-state index is 12.5. The third-order valence-electron chi connectivity index (χ3n) is 4.25. The highest BCUT2D eigenvalue weighted by atomic mass is 32.1. The number of ether oxygens (including phenoxy) is 1. The van der Waals surface area contributed by atoms with Crippen LogP contribution in [0, 0.1) is 13.8 Å². The Hall–Kier alpha value is -2.93. The van der Waals surface area contributed by atoms with Crippen molar-refractivity contribution in [3.05, 3.63) is 69.7 Å². The second-order valence-corrected chi connectivity index (χ2v) is 7.03. The number of para-hydroxylation sites is 1. The van der Waals surface area contributed by atoms with E-state index in [1.165, 1.54) is 0 Å². The number of carbonyl (C=O) groups is 2. The highest BCUT2D eigenvalue weighted by Crippen LogP contribution is 2.19. The number of esters is 1. The molecule has 3 aromatic rings.